The Bertz CT molecular complexity index is 478. The molecule has 0 spiro atoms. The van der Waals surface area contributed by atoms with E-state index >= 15 is 0 Å². The third-order valence-corrected chi connectivity index (χ3v) is 4.49. The first-order valence-electron chi connectivity index (χ1n) is 7.22. The third-order valence-electron chi connectivity index (χ3n) is 4.49. The number of nitrogens with one attached hydrogen (secondary N) is 1. The van der Waals surface area contributed by atoms with Gasteiger partial charge in [-0.2, -0.15) is 0 Å². The van der Waals surface area contributed by atoms with Gasteiger partial charge in [-0.25, -0.2) is 0 Å². The van der Waals surface area contributed by atoms with Crippen molar-refractivity contribution in [3.8, 4) is 0 Å². The molecule has 1 N–H and O–H groups in total. The highest BCUT2D eigenvalue weighted by molar-refractivity contribution is 5.43. The van der Waals surface area contributed by atoms with Crippen molar-refractivity contribution in [3.05, 3.63) is 71.8 Å². The summed E-state index contributed by atoms with van der Waals surface area (Å²) in [6.07, 6.45) is 2.34. The Hall–Kier alpha value is -1.60. The Morgan fingerprint density at radius 2 is 1.47 bits per heavy atom. The van der Waals surface area contributed by atoms with E-state index < -0.39 is 0 Å². The summed E-state index contributed by atoms with van der Waals surface area (Å²) >= 11 is 0. The molecule has 2 aromatic rings. The van der Waals surface area contributed by atoms with Crippen molar-refractivity contribution in [2.45, 2.75) is 31.2 Å². The van der Waals surface area contributed by atoms with Crippen LogP contribution in [0.5, 0.6) is 0 Å². The predicted molar refractivity (Wildman–Crippen MR) is 80.4 cm³/mol. The summed E-state index contributed by atoms with van der Waals surface area (Å²) in [6, 6.07) is 22.5. The van der Waals surface area contributed by atoms with E-state index in [0.717, 1.165) is 13.0 Å². The lowest BCUT2D eigenvalue weighted by atomic mass is 9.68. The Morgan fingerprint density at radius 1 is 0.947 bits per heavy atom. The Morgan fingerprint density at radius 3 is 1.95 bits per heavy atom. The lowest BCUT2D eigenvalue weighted by molar-refractivity contribution is 0.423. The molecule has 0 bridgehead atoms. The van der Waals surface area contributed by atoms with Crippen LogP contribution in [-0.2, 0) is 5.41 Å². The highest BCUT2D eigenvalue weighted by atomic mass is 15.0. The molecule has 0 saturated carbocycles. The molecule has 1 atom stereocenters. The van der Waals surface area contributed by atoms with Crippen LogP contribution in [0.2, 0.25) is 0 Å². The zero-order valence-corrected chi connectivity index (χ0v) is 11.5. The van der Waals surface area contributed by atoms with Gasteiger partial charge in [-0.1, -0.05) is 67.6 Å². The maximum Gasteiger partial charge on any atom is 0.0367 e. The minimum absolute atomic E-state index is 0.136. The summed E-state index contributed by atoms with van der Waals surface area (Å²) < 4.78 is 0. The van der Waals surface area contributed by atoms with Crippen LogP contribution in [0.3, 0.4) is 0 Å². The molecule has 98 valence electrons. The van der Waals surface area contributed by atoms with Crippen molar-refractivity contribution >= 4 is 0 Å². The van der Waals surface area contributed by atoms with Gasteiger partial charge in [0.2, 0.25) is 0 Å². The van der Waals surface area contributed by atoms with Crippen LogP contribution in [0.1, 0.15) is 30.9 Å². The first-order chi connectivity index (χ1) is 9.38. The zero-order chi connectivity index (χ0) is 13.1. The van der Waals surface area contributed by atoms with Crippen molar-refractivity contribution in [2.75, 3.05) is 6.54 Å². The lowest BCUT2D eigenvalue weighted by Crippen LogP contribution is -2.40. The number of hydrogen-bond acceptors (Lipinski definition) is 1. The molecule has 1 aliphatic rings. The molecular weight excluding hydrogens is 230 g/mol. The molecule has 1 saturated heterocycles. The third kappa shape index (κ3) is 1.98. The Labute approximate surface area is 115 Å². The van der Waals surface area contributed by atoms with Gasteiger partial charge in [0.1, 0.15) is 0 Å². The first-order valence-corrected chi connectivity index (χ1v) is 7.22. The van der Waals surface area contributed by atoms with E-state index in [9.17, 15) is 0 Å². The largest absolute Gasteiger partial charge is 0.313 e. The van der Waals surface area contributed by atoms with Crippen LogP contribution in [0.4, 0.5) is 0 Å². The molecule has 1 unspecified atom stereocenters. The second-order valence-electron chi connectivity index (χ2n) is 5.37. The normalized spacial score (nSPS) is 21.4. The summed E-state index contributed by atoms with van der Waals surface area (Å²) in [6.45, 7) is 3.38. The summed E-state index contributed by atoms with van der Waals surface area (Å²) in [5.41, 5.74) is 3.02. The van der Waals surface area contributed by atoms with Crippen molar-refractivity contribution in [2.24, 2.45) is 0 Å². The highest BCUT2D eigenvalue weighted by Gasteiger charge is 2.44. The fourth-order valence-corrected chi connectivity index (χ4v) is 3.61. The molecular formula is C18H21N. The SMILES string of the molecule is CCC1NCCC1(c1ccccc1)c1ccccc1. The summed E-state index contributed by atoms with van der Waals surface area (Å²) in [5, 5.41) is 3.69. The van der Waals surface area contributed by atoms with E-state index in [4.69, 9.17) is 0 Å². The molecule has 19 heavy (non-hydrogen) atoms. The second-order valence-corrected chi connectivity index (χ2v) is 5.37. The topological polar surface area (TPSA) is 12.0 Å². The Balaban J connectivity index is 2.17. The molecule has 0 amide bonds. The van der Waals surface area contributed by atoms with E-state index in [2.05, 4.69) is 72.9 Å². The molecule has 0 radical (unpaired) electrons. The number of benzene rings is 2. The summed E-state index contributed by atoms with van der Waals surface area (Å²) in [5.74, 6) is 0. The van der Waals surface area contributed by atoms with E-state index in [1.807, 2.05) is 0 Å². The molecule has 1 aliphatic heterocycles. The monoisotopic (exact) mass is 251 g/mol. The van der Waals surface area contributed by atoms with Gasteiger partial charge < -0.3 is 5.32 Å². The molecule has 1 nitrogen and oxygen atoms in total. The fraction of sp³-hybridized carbons (Fsp3) is 0.333. The quantitative estimate of drug-likeness (QED) is 0.876. The van der Waals surface area contributed by atoms with Crippen LogP contribution < -0.4 is 5.32 Å². The number of rotatable bonds is 3. The highest BCUT2D eigenvalue weighted by Crippen LogP contribution is 2.42. The fourth-order valence-electron chi connectivity index (χ4n) is 3.61. The standard InChI is InChI=1S/C18H21N/c1-2-17-18(13-14-19-17,15-9-5-3-6-10-15)16-11-7-4-8-12-16/h3-12,17,19H,2,13-14H2,1H3. The first kappa shape index (κ1) is 12.4. The maximum absolute atomic E-state index is 3.69. The smallest absolute Gasteiger partial charge is 0.0367 e. The predicted octanol–water partition coefficient (Wildman–Crippen LogP) is 3.74. The van der Waals surface area contributed by atoms with E-state index in [0.29, 0.717) is 6.04 Å². The van der Waals surface area contributed by atoms with Gasteiger partial charge in [-0.05, 0) is 30.5 Å². The molecule has 1 heterocycles. The van der Waals surface area contributed by atoms with Crippen LogP contribution >= 0.6 is 0 Å². The van der Waals surface area contributed by atoms with E-state index in [1.165, 1.54) is 17.5 Å². The van der Waals surface area contributed by atoms with Gasteiger partial charge in [-0.3, -0.25) is 0 Å². The van der Waals surface area contributed by atoms with Gasteiger partial charge in [0.15, 0.2) is 0 Å². The zero-order valence-electron chi connectivity index (χ0n) is 11.5. The Kier molecular flexibility index (Phi) is 3.39. The molecule has 2 aromatic carbocycles. The van der Waals surface area contributed by atoms with Crippen molar-refractivity contribution in [3.63, 3.8) is 0 Å². The maximum atomic E-state index is 3.69. The molecule has 0 aliphatic carbocycles. The van der Waals surface area contributed by atoms with Gasteiger partial charge in [0, 0.05) is 11.5 Å². The minimum Gasteiger partial charge on any atom is -0.313 e. The average Bonchev–Trinajstić information content (AvgIpc) is 2.94. The van der Waals surface area contributed by atoms with Gasteiger partial charge in [0.05, 0.1) is 0 Å². The average molecular weight is 251 g/mol. The molecule has 1 heteroatoms. The molecule has 0 aromatic heterocycles. The van der Waals surface area contributed by atoms with Crippen LogP contribution in [0.25, 0.3) is 0 Å². The summed E-state index contributed by atoms with van der Waals surface area (Å²) in [4.78, 5) is 0. The van der Waals surface area contributed by atoms with Gasteiger partial charge >= 0.3 is 0 Å². The van der Waals surface area contributed by atoms with E-state index in [1.54, 1.807) is 0 Å². The second kappa shape index (κ2) is 5.18. The van der Waals surface area contributed by atoms with Crippen LogP contribution in [-0.4, -0.2) is 12.6 Å². The van der Waals surface area contributed by atoms with Crippen molar-refractivity contribution < 1.29 is 0 Å². The molecule has 3 rings (SSSR count). The summed E-state index contributed by atoms with van der Waals surface area (Å²) in [7, 11) is 0. The van der Waals surface area contributed by atoms with Crippen LogP contribution in [0.15, 0.2) is 60.7 Å². The van der Waals surface area contributed by atoms with Gasteiger partial charge in [-0.15, -0.1) is 0 Å². The van der Waals surface area contributed by atoms with Gasteiger partial charge in [0.25, 0.3) is 0 Å². The van der Waals surface area contributed by atoms with Crippen LogP contribution in [0, 0.1) is 0 Å². The van der Waals surface area contributed by atoms with E-state index in [-0.39, 0.29) is 5.41 Å². The van der Waals surface area contributed by atoms with Crippen molar-refractivity contribution in [1.82, 2.24) is 5.32 Å². The minimum atomic E-state index is 0.136. The van der Waals surface area contributed by atoms with Crippen molar-refractivity contribution in [1.29, 1.82) is 0 Å². The lowest BCUT2D eigenvalue weighted by Gasteiger charge is -2.36. The number of hydrogen-bond donors (Lipinski definition) is 1. The molecule has 1 fully saturated rings.